The summed E-state index contributed by atoms with van der Waals surface area (Å²) in [7, 11) is 2.93. The third-order valence-electron chi connectivity index (χ3n) is 5.20. The van der Waals surface area contributed by atoms with Gasteiger partial charge >= 0.3 is 0 Å². The van der Waals surface area contributed by atoms with Gasteiger partial charge in [-0.2, -0.15) is 0 Å². The van der Waals surface area contributed by atoms with Crippen LogP contribution >= 0.6 is 0 Å². The third-order valence-corrected chi connectivity index (χ3v) is 5.20. The zero-order valence-electron chi connectivity index (χ0n) is 19.5. The van der Waals surface area contributed by atoms with Crippen LogP contribution in [0.2, 0.25) is 0 Å². The lowest BCUT2D eigenvalue weighted by molar-refractivity contribution is 0.102. The molecule has 0 amide bonds. The second-order valence-electron chi connectivity index (χ2n) is 7.46. The molecule has 0 bridgehead atoms. The van der Waals surface area contributed by atoms with Crippen molar-refractivity contribution in [3.05, 3.63) is 107 Å². The van der Waals surface area contributed by atoms with Crippen molar-refractivity contribution in [1.82, 2.24) is 0 Å². The van der Waals surface area contributed by atoms with Crippen molar-refractivity contribution < 1.29 is 39.5 Å². The van der Waals surface area contributed by atoms with Crippen LogP contribution in [0, 0.1) is 0 Å². The van der Waals surface area contributed by atoms with Crippen LogP contribution in [-0.2, 0) is 0 Å². The Morgan fingerprint density at radius 3 is 1.14 bits per heavy atom. The van der Waals surface area contributed by atoms with E-state index >= 15 is 0 Å². The average Bonchev–Trinajstić information content (AvgIpc) is 2.88. The molecule has 0 aromatic heterocycles. The third kappa shape index (κ3) is 5.74. The molecule has 0 heterocycles. The minimum absolute atomic E-state index is 0.0873. The van der Waals surface area contributed by atoms with E-state index in [1.807, 2.05) is 0 Å². The molecule has 36 heavy (non-hydrogen) atoms. The van der Waals surface area contributed by atoms with E-state index in [2.05, 4.69) is 0 Å². The largest absolute Gasteiger partial charge is 0.507 e. The maximum atomic E-state index is 12.3. The van der Waals surface area contributed by atoms with Gasteiger partial charge in [0.25, 0.3) is 0 Å². The van der Waals surface area contributed by atoms with Crippen LogP contribution in [0.15, 0.2) is 84.9 Å². The fraction of sp³-hybridized carbons (Fsp3) is 0.0714. The quantitative estimate of drug-likeness (QED) is 0.288. The molecule has 4 N–H and O–H groups in total. The second kappa shape index (κ2) is 11.4. The number of carbonyl (C=O) groups excluding carboxylic acids is 2. The summed E-state index contributed by atoms with van der Waals surface area (Å²) in [6.45, 7) is 0. The first-order valence-corrected chi connectivity index (χ1v) is 10.7. The molecule has 0 aliphatic rings. The van der Waals surface area contributed by atoms with Crippen LogP contribution in [0.25, 0.3) is 0 Å². The monoisotopic (exact) mass is 488 g/mol. The van der Waals surface area contributed by atoms with E-state index in [9.17, 15) is 30.0 Å². The van der Waals surface area contributed by atoms with E-state index < -0.39 is 11.6 Å². The molecule has 0 atom stereocenters. The van der Waals surface area contributed by atoms with Crippen LogP contribution in [0.1, 0.15) is 31.8 Å². The van der Waals surface area contributed by atoms with Gasteiger partial charge in [-0.05, 0) is 48.5 Å². The number of methoxy groups -OCH3 is 2. The van der Waals surface area contributed by atoms with Crippen molar-refractivity contribution in [2.45, 2.75) is 0 Å². The summed E-state index contributed by atoms with van der Waals surface area (Å²) >= 11 is 0. The molecular formula is C28H24O8. The van der Waals surface area contributed by atoms with Gasteiger partial charge in [-0.1, -0.05) is 24.3 Å². The molecule has 0 aliphatic heterocycles. The summed E-state index contributed by atoms with van der Waals surface area (Å²) in [6.07, 6.45) is 0. The maximum Gasteiger partial charge on any atom is 0.200 e. The Labute approximate surface area is 207 Å². The first-order valence-electron chi connectivity index (χ1n) is 10.7. The second-order valence-corrected chi connectivity index (χ2v) is 7.46. The van der Waals surface area contributed by atoms with Gasteiger partial charge in [0.2, 0.25) is 0 Å². The Hall–Kier alpha value is -4.98. The number of benzene rings is 4. The Morgan fingerprint density at radius 1 is 0.500 bits per heavy atom. The molecule has 184 valence electrons. The lowest BCUT2D eigenvalue weighted by atomic mass is 10.0. The van der Waals surface area contributed by atoms with Gasteiger partial charge in [-0.25, -0.2) is 0 Å². The number of carbonyl (C=O) groups is 2. The summed E-state index contributed by atoms with van der Waals surface area (Å²) in [5.74, 6) is -0.571. The lowest BCUT2D eigenvalue weighted by Crippen LogP contribution is -2.02. The predicted octanol–water partition coefficient (Wildman–Crippen LogP) is 4.67. The summed E-state index contributed by atoms with van der Waals surface area (Å²) in [4.78, 5) is 24.3. The van der Waals surface area contributed by atoms with Crippen LogP contribution < -0.4 is 9.47 Å². The molecule has 0 aliphatic carbocycles. The van der Waals surface area contributed by atoms with Gasteiger partial charge in [0.1, 0.15) is 34.5 Å². The number of para-hydroxylation sites is 2. The molecule has 4 aromatic rings. The van der Waals surface area contributed by atoms with Gasteiger partial charge in [-0.3, -0.25) is 9.59 Å². The number of aromatic hydroxyl groups is 4. The zero-order chi connectivity index (χ0) is 26.2. The highest BCUT2D eigenvalue weighted by atomic mass is 16.5. The Balaban J connectivity index is 0.000000205. The first-order chi connectivity index (χ1) is 17.3. The predicted molar refractivity (Wildman–Crippen MR) is 132 cm³/mol. The molecule has 0 unspecified atom stereocenters. The normalized spacial score (nSPS) is 10.1. The van der Waals surface area contributed by atoms with Crippen LogP contribution in [0.5, 0.6) is 34.5 Å². The molecule has 0 fully saturated rings. The topological polar surface area (TPSA) is 134 Å². The molecule has 0 radical (unpaired) electrons. The van der Waals surface area contributed by atoms with Crippen molar-refractivity contribution in [1.29, 1.82) is 0 Å². The molecule has 4 rings (SSSR count). The Morgan fingerprint density at radius 2 is 0.833 bits per heavy atom. The zero-order valence-corrected chi connectivity index (χ0v) is 19.5. The minimum Gasteiger partial charge on any atom is -0.507 e. The van der Waals surface area contributed by atoms with E-state index in [0.717, 1.165) is 0 Å². The van der Waals surface area contributed by atoms with E-state index in [4.69, 9.17) is 9.47 Å². The van der Waals surface area contributed by atoms with Gasteiger partial charge in [0.05, 0.1) is 36.5 Å². The van der Waals surface area contributed by atoms with Gasteiger partial charge in [-0.15, -0.1) is 0 Å². The lowest BCUT2D eigenvalue weighted by Gasteiger charge is -2.08. The number of phenolic OH excluding ortho intramolecular Hbond substituents is 4. The number of hydrogen-bond donors (Lipinski definition) is 4. The van der Waals surface area contributed by atoms with Gasteiger partial charge < -0.3 is 29.9 Å². The highest BCUT2D eigenvalue weighted by Gasteiger charge is 2.18. The summed E-state index contributed by atoms with van der Waals surface area (Å²) in [6, 6.07) is 21.2. The Kier molecular flexibility index (Phi) is 8.14. The van der Waals surface area contributed by atoms with Gasteiger partial charge in [0, 0.05) is 12.1 Å². The van der Waals surface area contributed by atoms with Crippen molar-refractivity contribution in [2.75, 3.05) is 14.2 Å². The number of phenols is 4. The molecular weight excluding hydrogens is 464 g/mol. The molecule has 4 aromatic carbocycles. The number of ether oxygens (including phenoxy) is 2. The van der Waals surface area contributed by atoms with E-state index in [-0.39, 0.29) is 45.3 Å². The summed E-state index contributed by atoms with van der Waals surface area (Å²) in [5.41, 5.74) is 0.547. The molecule has 0 saturated carbocycles. The van der Waals surface area contributed by atoms with E-state index in [0.29, 0.717) is 11.5 Å². The summed E-state index contributed by atoms with van der Waals surface area (Å²) in [5, 5.41) is 38.7. The molecule has 8 heteroatoms. The van der Waals surface area contributed by atoms with E-state index in [1.54, 1.807) is 36.4 Å². The fourth-order valence-electron chi connectivity index (χ4n) is 3.28. The standard InChI is InChI=1S/C15H14O5.C13H10O3/c1-19-9-3-5-11(13(16)7-9)15(18)12-6-4-10(20-2)8-14(12)17;14-11-7-3-1-5-9(11)13(16)10-6-2-4-8-12(10)15/h3-8,16-17H,1-2H3;1-8,14-15H. The maximum absolute atomic E-state index is 12.3. The highest BCUT2D eigenvalue weighted by molar-refractivity contribution is 6.13. The van der Waals surface area contributed by atoms with Crippen molar-refractivity contribution in [3.8, 4) is 34.5 Å². The summed E-state index contributed by atoms with van der Waals surface area (Å²) < 4.78 is 9.90. The number of hydrogen-bond acceptors (Lipinski definition) is 8. The first kappa shape index (κ1) is 25.6. The smallest absolute Gasteiger partial charge is 0.200 e. The number of rotatable bonds is 6. The van der Waals surface area contributed by atoms with Crippen molar-refractivity contribution in [2.24, 2.45) is 0 Å². The van der Waals surface area contributed by atoms with Crippen LogP contribution in [0.4, 0.5) is 0 Å². The Bertz CT molecular complexity index is 1290. The highest BCUT2D eigenvalue weighted by Crippen LogP contribution is 2.30. The molecule has 0 spiro atoms. The van der Waals surface area contributed by atoms with Crippen LogP contribution in [-0.4, -0.2) is 46.2 Å². The molecule has 0 saturated heterocycles. The molecule has 8 nitrogen and oxygen atoms in total. The van der Waals surface area contributed by atoms with Crippen molar-refractivity contribution in [3.63, 3.8) is 0 Å². The van der Waals surface area contributed by atoms with Crippen LogP contribution in [0.3, 0.4) is 0 Å². The minimum atomic E-state index is -0.481. The fourth-order valence-corrected chi connectivity index (χ4v) is 3.28. The van der Waals surface area contributed by atoms with E-state index in [1.165, 1.54) is 62.8 Å². The SMILES string of the molecule is COc1ccc(C(=O)c2ccc(OC)cc2O)c(O)c1.O=C(c1ccccc1O)c1ccccc1O. The van der Waals surface area contributed by atoms with Gasteiger partial charge in [0.15, 0.2) is 11.6 Å². The average molecular weight is 488 g/mol. The number of ketones is 2. The van der Waals surface area contributed by atoms with Crippen molar-refractivity contribution >= 4 is 11.6 Å².